The van der Waals surface area contributed by atoms with E-state index in [4.69, 9.17) is 5.73 Å². The molecule has 0 amide bonds. The van der Waals surface area contributed by atoms with Crippen molar-refractivity contribution in [1.82, 2.24) is 16.0 Å². The summed E-state index contributed by atoms with van der Waals surface area (Å²) >= 11 is 0. The van der Waals surface area contributed by atoms with Crippen LogP contribution >= 0.6 is 0 Å². The molecule has 2 unspecified atom stereocenters. The highest BCUT2D eigenvalue weighted by atomic mass is 14.9. The summed E-state index contributed by atoms with van der Waals surface area (Å²) in [5, 5.41) is 10.7. The average Bonchev–Trinajstić information content (AvgIpc) is 2.62. The Morgan fingerprint density at radius 2 is 1.29 bits per heavy atom. The second-order valence-electron chi connectivity index (χ2n) is 8.04. The van der Waals surface area contributed by atoms with Crippen LogP contribution in [0.2, 0.25) is 0 Å². The van der Waals surface area contributed by atoms with E-state index in [1.165, 1.54) is 70.9 Å². The first kappa shape index (κ1) is 20.2. The molecule has 0 aromatic carbocycles. The van der Waals surface area contributed by atoms with Crippen molar-refractivity contribution in [3.63, 3.8) is 0 Å². The van der Waals surface area contributed by atoms with Gasteiger partial charge < -0.3 is 21.7 Å². The van der Waals surface area contributed by atoms with Crippen LogP contribution in [0.3, 0.4) is 0 Å². The van der Waals surface area contributed by atoms with Crippen LogP contribution in [0.15, 0.2) is 0 Å². The van der Waals surface area contributed by atoms with Gasteiger partial charge in [0.25, 0.3) is 0 Å². The van der Waals surface area contributed by atoms with Gasteiger partial charge in [-0.15, -0.1) is 0 Å². The molecule has 24 heavy (non-hydrogen) atoms. The third-order valence-corrected chi connectivity index (χ3v) is 6.05. The zero-order valence-corrected chi connectivity index (χ0v) is 15.8. The minimum atomic E-state index is 0.792. The van der Waals surface area contributed by atoms with Crippen molar-refractivity contribution in [3.05, 3.63) is 0 Å². The lowest BCUT2D eigenvalue weighted by Crippen LogP contribution is -2.33. The summed E-state index contributed by atoms with van der Waals surface area (Å²) in [6.45, 7) is 7.66. The molecule has 0 aromatic rings. The standard InChI is InChI=1S/C20H42N4/c21-10-3-11-22-12-4-13-23-14-5-15-24-17-18-8-9-19-6-1-2-7-20(19)16-18/h18-20,22-24H,1-17,21H2/t18?,19-,20?/m0/s1. The topological polar surface area (TPSA) is 62.1 Å². The van der Waals surface area contributed by atoms with Crippen molar-refractivity contribution in [3.8, 4) is 0 Å². The third kappa shape index (κ3) is 8.28. The lowest BCUT2D eigenvalue weighted by atomic mass is 9.67. The Bertz CT molecular complexity index is 297. The highest BCUT2D eigenvalue weighted by Gasteiger charge is 2.31. The van der Waals surface area contributed by atoms with Gasteiger partial charge in [-0.1, -0.05) is 25.7 Å². The minimum absolute atomic E-state index is 0.792. The Morgan fingerprint density at radius 1 is 0.667 bits per heavy atom. The molecule has 5 N–H and O–H groups in total. The summed E-state index contributed by atoms with van der Waals surface area (Å²) in [5.74, 6) is 3.11. The second kappa shape index (κ2) is 13.1. The molecule has 2 rings (SSSR count). The highest BCUT2D eigenvalue weighted by Crippen LogP contribution is 2.42. The van der Waals surface area contributed by atoms with Gasteiger partial charge in [-0.05, 0) is 102 Å². The van der Waals surface area contributed by atoms with E-state index in [9.17, 15) is 0 Å². The first-order valence-electron chi connectivity index (χ1n) is 10.7. The molecule has 2 aliphatic rings. The number of hydrogen-bond donors (Lipinski definition) is 4. The molecule has 0 heterocycles. The summed E-state index contributed by atoms with van der Waals surface area (Å²) in [6, 6.07) is 0. The molecule has 0 saturated heterocycles. The molecule has 0 bridgehead atoms. The van der Waals surface area contributed by atoms with E-state index in [0.717, 1.165) is 56.9 Å². The van der Waals surface area contributed by atoms with Crippen LogP contribution in [0.4, 0.5) is 0 Å². The second-order valence-corrected chi connectivity index (χ2v) is 8.04. The fraction of sp³-hybridized carbons (Fsp3) is 1.00. The average molecular weight is 339 g/mol. The number of hydrogen-bond acceptors (Lipinski definition) is 4. The zero-order chi connectivity index (χ0) is 16.9. The van der Waals surface area contributed by atoms with Crippen LogP contribution in [0, 0.1) is 17.8 Å². The van der Waals surface area contributed by atoms with Gasteiger partial charge >= 0.3 is 0 Å². The minimum Gasteiger partial charge on any atom is -0.330 e. The molecular weight excluding hydrogens is 296 g/mol. The van der Waals surface area contributed by atoms with Crippen molar-refractivity contribution in [2.75, 3.05) is 45.8 Å². The first-order valence-corrected chi connectivity index (χ1v) is 10.7. The predicted molar refractivity (Wildman–Crippen MR) is 104 cm³/mol. The van der Waals surface area contributed by atoms with Crippen LogP contribution in [0.1, 0.15) is 64.2 Å². The van der Waals surface area contributed by atoms with Crippen LogP contribution in [-0.2, 0) is 0 Å². The molecule has 0 aliphatic heterocycles. The van der Waals surface area contributed by atoms with Crippen LogP contribution < -0.4 is 21.7 Å². The summed E-state index contributed by atoms with van der Waals surface area (Å²) < 4.78 is 0. The van der Waals surface area contributed by atoms with Gasteiger partial charge in [-0.2, -0.15) is 0 Å². The first-order chi connectivity index (χ1) is 11.9. The van der Waals surface area contributed by atoms with Gasteiger partial charge in [-0.3, -0.25) is 0 Å². The summed E-state index contributed by atoms with van der Waals surface area (Å²) in [4.78, 5) is 0. The largest absolute Gasteiger partial charge is 0.330 e. The number of fused-ring (bicyclic) bond motifs is 1. The highest BCUT2D eigenvalue weighted by molar-refractivity contribution is 4.83. The van der Waals surface area contributed by atoms with E-state index < -0.39 is 0 Å². The summed E-state index contributed by atoms with van der Waals surface area (Å²) in [7, 11) is 0. The Hall–Kier alpha value is -0.160. The quantitative estimate of drug-likeness (QED) is 0.390. The van der Waals surface area contributed by atoms with Crippen LogP contribution in [-0.4, -0.2) is 45.8 Å². The molecule has 0 radical (unpaired) electrons. The molecule has 0 aromatic heterocycles. The van der Waals surface area contributed by atoms with Gasteiger partial charge in [-0.25, -0.2) is 0 Å². The fourth-order valence-electron chi connectivity index (χ4n) is 4.62. The molecule has 2 aliphatic carbocycles. The Kier molecular flexibility index (Phi) is 11.0. The van der Waals surface area contributed by atoms with E-state index in [0.29, 0.717) is 0 Å². The SMILES string of the molecule is NCCCNCCCNCCCNCC1CC[C@@H]2CCCCC2C1. The number of rotatable bonds is 13. The lowest BCUT2D eigenvalue weighted by molar-refractivity contribution is 0.129. The van der Waals surface area contributed by atoms with Gasteiger partial charge in [0.15, 0.2) is 0 Å². The molecule has 2 saturated carbocycles. The summed E-state index contributed by atoms with van der Waals surface area (Å²) in [5.41, 5.74) is 5.47. The van der Waals surface area contributed by atoms with E-state index in [1.54, 1.807) is 0 Å². The maximum absolute atomic E-state index is 5.47. The molecule has 3 atom stereocenters. The lowest BCUT2D eigenvalue weighted by Gasteiger charge is -2.39. The monoisotopic (exact) mass is 338 g/mol. The van der Waals surface area contributed by atoms with Crippen molar-refractivity contribution < 1.29 is 0 Å². The maximum atomic E-state index is 5.47. The van der Waals surface area contributed by atoms with Crippen LogP contribution in [0.25, 0.3) is 0 Å². The Morgan fingerprint density at radius 3 is 2.00 bits per heavy atom. The summed E-state index contributed by atoms with van der Waals surface area (Å²) in [6.07, 6.45) is 14.1. The van der Waals surface area contributed by atoms with E-state index >= 15 is 0 Å². The Balaban J connectivity index is 1.34. The molecule has 4 nitrogen and oxygen atoms in total. The van der Waals surface area contributed by atoms with Gasteiger partial charge in [0.2, 0.25) is 0 Å². The molecule has 4 heteroatoms. The number of nitrogens with one attached hydrogen (secondary N) is 3. The van der Waals surface area contributed by atoms with E-state index in [1.807, 2.05) is 0 Å². The fourth-order valence-corrected chi connectivity index (χ4v) is 4.62. The molecule has 2 fully saturated rings. The van der Waals surface area contributed by atoms with Crippen LogP contribution in [0.5, 0.6) is 0 Å². The Labute approximate surface area is 150 Å². The maximum Gasteiger partial charge on any atom is -0.00204 e. The van der Waals surface area contributed by atoms with Gasteiger partial charge in [0.1, 0.15) is 0 Å². The molecule has 142 valence electrons. The third-order valence-electron chi connectivity index (χ3n) is 6.05. The zero-order valence-electron chi connectivity index (χ0n) is 15.8. The van der Waals surface area contributed by atoms with Crippen molar-refractivity contribution in [2.24, 2.45) is 23.5 Å². The van der Waals surface area contributed by atoms with Gasteiger partial charge in [0.05, 0.1) is 0 Å². The molecular formula is C20H42N4. The smallest absolute Gasteiger partial charge is 0.00204 e. The molecule has 0 spiro atoms. The van der Waals surface area contributed by atoms with Crippen molar-refractivity contribution in [2.45, 2.75) is 64.2 Å². The van der Waals surface area contributed by atoms with E-state index in [-0.39, 0.29) is 0 Å². The normalized spacial score (nSPS) is 27.1. The predicted octanol–water partition coefficient (Wildman–Crippen LogP) is 2.49. The number of nitrogens with two attached hydrogens (primary N) is 1. The van der Waals surface area contributed by atoms with Crippen molar-refractivity contribution in [1.29, 1.82) is 0 Å². The van der Waals surface area contributed by atoms with E-state index in [2.05, 4.69) is 16.0 Å². The van der Waals surface area contributed by atoms with Gasteiger partial charge in [0, 0.05) is 0 Å². The van der Waals surface area contributed by atoms with Crippen molar-refractivity contribution >= 4 is 0 Å².